The van der Waals surface area contributed by atoms with Gasteiger partial charge in [-0.15, -0.1) is 22.7 Å². The predicted molar refractivity (Wildman–Crippen MR) is 151 cm³/mol. The lowest BCUT2D eigenvalue weighted by molar-refractivity contribution is 0.340. The van der Waals surface area contributed by atoms with E-state index in [9.17, 15) is 9.90 Å². The van der Waals surface area contributed by atoms with Crippen LogP contribution < -0.4 is 19.8 Å². The molecule has 0 radical (unpaired) electrons. The van der Waals surface area contributed by atoms with Crippen molar-refractivity contribution in [3.63, 3.8) is 0 Å². The molecule has 38 heavy (non-hydrogen) atoms. The number of nitrogens with zero attached hydrogens (tertiary/aromatic N) is 5. The molecule has 0 spiro atoms. The molecular formula is C27H25N5O4S2. The summed E-state index contributed by atoms with van der Waals surface area (Å²) in [5.41, 5.74) is 3.11. The molecular weight excluding hydrogens is 522 g/mol. The number of phenolic OH excluding ortho intramolecular Hbond substituents is 1. The molecule has 0 aliphatic heterocycles. The molecule has 0 fully saturated rings. The Morgan fingerprint density at radius 1 is 1.00 bits per heavy atom. The van der Waals surface area contributed by atoms with E-state index < -0.39 is 0 Å². The molecule has 0 amide bonds. The molecule has 0 atom stereocenters. The van der Waals surface area contributed by atoms with E-state index in [0.717, 1.165) is 22.0 Å². The summed E-state index contributed by atoms with van der Waals surface area (Å²) in [6.45, 7) is 1.87. The molecule has 0 bridgehead atoms. The number of methoxy groups -OCH3 is 2. The largest absolute Gasteiger partial charge is 0.502 e. The maximum Gasteiger partial charge on any atom is 0.297 e. The van der Waals surface area contributed by atoms with Crippen molar-refractivity contribution in [1.82, 2.24) is 14.0 Å². The first-order valence-electron chi connectivity index (χ1n) is 11.6. The van der Waals surface area contributed by atoms with Crippen LogP contribution in [0, 0.1) is 6.92 Å². The third-order valence-electron chi connectivity index (χ3n) is 6.01. The van der Waals surface area contributed by atoms with Crippen molar-refractivity contribution in [2.45, 2.75) is 6.92 Å². The van der Waals surface area contributed by atoms with Gasteiger partial charge >= 0.3 is 0 Å². The number of aromatic nitrogens is 3. The smallest absolute Gasteiger partial charge is 0.297 e. The zero-order valence-corrected chi connectivity index (χ0v) is 22.8. The van der Waals surface area contributed by atoms with Gasteiger partial charge in [-0.3, -0.25) is 9.48 Å². The van der Waals surface area contributed by atoms with E-state index in [0.29, 0.717) is 16.1 Å². The number of phenols is 1. The minimum atomic E-state index is -0.217. The van der Waals surface area contributed by atoms with Crippen molar-refractivity contribution < 1.29 is 14.6 Å². The standard InChI is InChI=1S/C27H25N5O4S2/c1-17-24(26(34)32(30(17)2)19-9-6-5-7-10-19)29-27-31(20(16-38-27)23-11-8-12-37-23)28-15-18-13-21(35-3)25(33)22(14-18)36-4/h5-16,33H,1-4H3. The summed E-state index contributed by atoms with van der Waals surface area (Å²) >= 11 is 2.98. The minimum Gasteiger partial charge on any atom is -0.502 e. The van der Waals surface area contributed by atoms with Crippen LogP contribution in [0.4, 0.5) is 5.69 Å². The van der Waals surface area contributed by atoms with Crippen molar-refractivity contribution in [3.05, 3.63) is 91.8 Å². The molecule has 0 saturated carbocycles. The average molecular weight is 548 g/mol. The molecule has 3 aromatic heterocycles. The van der Waals surface area contributed by atoms with Gasteiger partial charge in [-0.05, 0) is 42.6 Å². The van der Waals surface area contributed by atoms with Crippen molar-refractivity contribution >= 4 is 34.6 Å². The Bertz CT molecular complexity index is 1720. The fourth-order valence-electron chi connectivity index (χ4n) is 3.97. The molecule has 5 rings (SSSR count). The monoisotopic (exact) mass is 547 g/mol. The maximum atomic E-state index is 13.5. The summed E-state index contributed by atoms with van der Waals surface area (Å²) in [6, 6.07) is 16.8. The highest BCUT2D eigenvalue weighted by molar-refractivity contribution is 7.14. The molecule has 11 heteroatoms. The molecule has 2 aromatic carbocycles. The number of hydrogen-bond acceptors (Lipinski definition) is 8. The summed E-state index contributed by atoms with van der Waals surface area (Å²) in [5, 5.41) is 18.9. The average Bonchev–Trinajstić information content (AvgIpc) is 3.65. The Labute approximate surface area is 226 Å². The van der Waals surface area contributed by atoms with Crippen LogP contribution in [-0.2, 0) is 7.05 Å². The number of aromatic hydroxyl groups is 1. The van der Waals surface area contributed by atoms with Crippen molar-refractivity contribution in [2.24, 2.45) is 17.1 Å². The van der Waals surface area contributed by atoms with Gasteiger partial charge in [0, 0.05) is 18.0 Å². The van der Waals surface area contributed by atoms with Gasteiger partial charge in [0.05, 0.1) is 42.4 Å². The predicted octanol–water partition coefficient (Wildman–Crippen LogP) is 4.91. The van der Waals surface area contributed by atoms with Crippen LogP contribution in [0.15, 0.2) is 80.2 Å². The number of thiazole rings is 1. The van der Waals surface area contributed by atoms with E-state index in [4.69, 9.17) is 19.6 Å². The lowest BCUT2D eigenvalue weighted by atomic mass is 10.2. The highest BCUT2D eigenvalue weighted by Crippen LogP contribution is 2.36. The normalized spacial score (nSPS) is 11.9. The molecule has 0 unspecified atom stereocenters. The maximum absolute atomic E-state index is 13.5. The Balaban J connectivity index is 1.67. The summed E-state index contributed by atoms with van der Waals surface area (Å²) < 4.78 is 15.7. The second-order valence-electron chi connectivity index (χ2n) is 8.23. The van der Waals surface area contributed by atoms with Gasteiger partial charge in [-0.2, -0.15) is 5.10 Å². The third-order valence-corrected chi connectivity index (χ3v) is 7.72. The molecule has 0 aliphatic carbocycles. The van der Waals surface area contributed by atoms with E-state index >= 15 is 0 Å². The lowest BCUT2D eigenvalue weighted by Crippen LogP contribution is -2.19. The Morgan fingerprint density at radius 2 is 1.71 bits per heavy atom. The van der Waals surface area contributed by atoms with Crippen molar-refractivity contribution in [1.29, 1.82) is 0 Å². The van der Waals surface area contributed by atoms with Crippen LogP contribution in [0.5, 0.6) is 17.2 Å². The number of rotatable bonds is 7. The van der Waals surface area contributed by atoms with Gasteiger partial charge in [0.25, 0.3) is 5.56 Å². The summed E-state index contributed by atoms with van der Waals surface area (Å²) in [7, 11) is 4.78. The van der Waals surface area contributed by atoms with E-state index in [1.807, 2.05) is 67.2 Å². The third kappa shape index (κ3) is 4.57. The first-order valence-corrected chi connectivity index (χ1v) is 13.3. The topological polar surface area (TPSA) is 95.3 Å². The number of benzene rings is 2. The Hall–Kier alpha value is -4.35. The second-order valence-corrected chi connectivity index (χ2v) is 10.0. The van der Waals surface area contributed by atoms with Gasteiger partial charge < -0.3 is 14.6 Å². The molecule has 0 aliphatic rings. The second kappa shape index (κ2) is 10.6. The van der Waals surface area contributed by atoms with Crippen LogP contribution >= 0.6 is 22.7 Å². The van der Waals surface area contributed by atoms with Crippen LogP contribution in [0.3, 0.4) is 0 Å². The van der Waals surface area contributed by atoms with Gasteiger partial charge in [-0.25, -0.2) is 14.4 Å². The Morgan fingerprint density at radius 3 is 2.34 bits per heavy atom. The van der Waals surface area contributed by atoms with E-state index in [-0.39, 0.29) is 22.8 Å². The zero-order valence-electron chi connectivity index (χ0n) is 21.2. The first-order chi connectivity index (χ1) is 18.4. The number of hydrogen-bond donors (Lipinski definition) is 1. The van der Waals surface area contributed by atoms with Gasteiger partial charge in [-0.1, -0.05) is 24.3 Å². The zero-order chi connectivity index (χ0) is 26.8. The fourth-order valence-corrected chi connectivity index (χ4v) is 5.61. The van der Waals surface area contributed by atoms with Crippen LogP contribution in [0.1, 0.15) is 11.3 Å². The minimum absolute atomic E-state index is 0.0838. The summed E-state index contributed by atoms with van der Waals surface area (Å²) in [6.07, 6.45) is 1.63. The van der Waals surface area contributed by atoms with Crippen LogP contribution in [0.2, 0.25) is 0 Å². The SMILES string of the molecule is COc1cc(C=Nn2c(-c3cccs3)csc2=Nc2c(C)n(C)n(-c3ccccc3)c2=O)cc(OC)c1O. The highest BCUT2D eigenvalue weighted by Gasteiger charge is 2.17. The first kappa shape index (κ1) is 25.3. The highest BCUT2D eigenvalue weighted by atomic mass is 32.1. The molecule has 5 aromatic rings. The molecule has 194 valence electrons. The lowest BCUT2D eigenvalue weighted by Gasteiger charge is -2.09. The summed E-state index contributed by atoms with van der Waals surface area (Å²) in [5.74, 6) is 0.455. The number of thiophene rings is 1. The Kier molecular flexibility index (Phi) is 7.03. The fraction of sp³-hybridized carbons (Fsp3) is 0.148. The quantitative estimate of drug-likeness (QED) is 0.293. The molecule has 0 saturated heterocycles. The molecule has 1 N–H and O–H groups in total. The van der Waals surface area contributed by atoms with E-state index in [1.165, 1.54) is 25.6 Å². The van der Waals surface area contributed by atoms with Gasteiger partial charge in [0.2, 0.25) is 10.6 Å². The van der Waals surface area contributed by atoms with Crippen LogP contribution in [-0.4, -0.2) is 39.6 Å². The van der Waals surface area contributed by atoms with E-state index in [1.54, 1.807) is 43.7 Å². The molecule has 3 heterocycles. The molecule has 9 nitrogen and oxygen atoms in total. The van der Waals surface area contributed by atoms with Crippen molar-refractivity contribution in [3.8, 4) is 33.5 Å². The van der Waals surface area contributed by atoms with Gasteiger partial charge in [0.1, 0.15) is 0 Å². The number of ether oxygens (including phenoxy) is 2. The van der Waals surface area contributed by atoms with Crippen LogP contribution in [0.25, 0.3) is 16.3 Å². The van der Waals surface area contributed by atoms with Crippen molar-refractivity contribution in [2.75, 3.05) is 14.2 Å². The van der Waals surface area contributed by atoms with E-state index in [2.05, 4.69) is 0 Å². The van der Waals surface area contributed by atoms with Gasteiger partial charge in [0.15, 0.2) is 17.2 Å². The summed E-state index contributed by atoms with van der Waals surface area (Å²) in [4.78, 5) is 19.8. The number of para-hydroxylation sites is 1.